The van der Waals surface area contributed by atoms with Crippen LogP contribution in [0.4, 0.5) is 5.13 Å². The van der Waals surface area contributed by atoms with Crippen LogP contribution in [0.5, 0.6) is 0 Å². The Balaban J connectivity index is 2.70. The molecule has 1 heterocycles. The third-order valence-corrected chi connectivity index (χ3v) is 4.10. The number of carboxylic acid groups (broad SMARTS) is 1. The molecule has 0 amide bonds. The number of aromatic nitrogens is 2. The minimum absolute atomic E-state index is 0.393. The quantitative estimate of drug-likeness (QED) is 0.707. The summed E-state index contributed by atoms with van der Waals surface area (Å²) < 4.78 is 0. The Labute approximate surface area is 118 Å². The molecule has 1 N–H and O–H groups in total. The van der Waals surface area contributed by atoms with Crippen molar-refractivity contribution in [2.75, 3.05) is 18.0 Å². The van der Waals surface area contributed by atoms with E-state index in [1.807, 2.05) is 6.92 Å². The Bertz CT molecular complexity index is 395. The Hall–Kier alpha value is -1.17. The third-order valence-electron chi connectivity index (χ3n) is 2.98. The van der Waals surface area contributed by atoms with Crippen LogP contribution in [0, 0.1) is 5.92 Å². The highest BCUT2D eigenvalue weighted by Crippen LogP contribution is 2.22. The highest BCUT2D eigenvalue weighted by atomic mass is 32.1. The maximum absolute atomic E-state index is 11.0. The SMILES string of the molecule is CCCCCN(CC(C)C(=O)O)c1nnc(CC)s1. The minimum Gasteiger partial charge on any atom is -0.481 e. The summed E-state index contributed by atoms with van der Waals surface area (Å²) in [5.41, 5.74) is 0. The number of nitrogens with zero attached hydrogens (tertiary/aromatic N) is 3. The van der Waals surface area contributed by atoms with Crippen molar-refractivity contribution in [3.63, 3.8) is 0 Å². The summed E-state index contributed by atoms with van der Waals surface area (Å²) in [7, 11) is 0. The van der Waals surface area contributed by atoms with Crippen LogP contribution >= 0.6 is 11.3 Å². The number of rotatable bonds is 9. The van der Waals surface area contributed by atoms with Gasteiger partial charge in [-0.25, -0.2) is 0 Å². The molecule has 0 aliphatic rings. The van der Waals surface area contributed by atoms with E-state index in [-0.39, 0.29) is 0 Å². The first-order chi connectivity index (χ1) is 9.08. The summed E-state index contributed by atoms with van der Waals surface area (Å²) in [6.07, 6.45) is 4.23. The van der Waals surface area contributed by atoms with Crippen molar-refractivity contribution in [1.29, 1.82) is 0 Å². The largest absolute Gasteiger partial charge is 0.481 e. The van der Waals surface area contributed by atoms with E-state index in [9.17, 15) is 4.79 Å². The molecule has 0 spiro atoms. The van der Waals surface area contributed by atoms with Gasteiger partial charge in [0.05, 0.1) is 5.92 Å². The second-order valence-electron chi connectivity index (χ2n) is 4.72. The molecular weight excluding hydrogens is 262 g/mol. The molecule has 0 fully saturated rings. The Kier molecular flexibility index (Phi) is 6.77. The van der Waals surface area contributed by atoms with E-state index in [1.165, 1.54) is 0 Å². The van der Waals surface area contributed by atoms with Crippen molar-refractivity contribution in [1.82, 2.24) is 10.2 Å². The summed E-state index contributed by atoms with van der Waals surface area (Å²) in [4.78, 5) is 13.1. The predicted molar refractivity (Wildman–Crippen MR) is 77.8 cm³/mol. The van der Waals surface area contributed by atoms with E-state index in [0.717, 1.165) is 42.4 Å². The lowest BCUT2D eigenvalue weighted by molar-refractivity contribution is -0.140. The summed E-state index contributed by atoms with van der Waals surface area (Å²) in [6.45, 7) is 7.29. The molecule has 19 heavy (non-hydrogen) atoms. The van der Waals surface area contributed by atoms with Gasteiger partial charge in [0, 0.05) is 13.1 Å². The molecule has 1 aromatic rings. The van der Waals surface area contributed by atoms with Crippen molar-refractivity contribution >= 4 is 22.4 Å². The fraction of sp³-hybridized carbons (Fsp3) is 0.769. The molecule has 6 heteroatoms. The van der Waals surface area contributed by atoms with E-state index < -0.39 is 11.9 Å². The second kappa shape index (κ2) is 8.09. The van der Waals surface area contributed by atoms with Crippen LogP contribution in [0.15, 0.2) is 0 Å². The van der Waals surface area contributed by atoms with Crippen LogP contribution < -0.4 is 4.90 Å². The fourth-order valence-electron chi connectivity index (χ4n) is 1.74. The van der Waals surface area contributed by atoms with E-state index in [4.69, 9.17) is 5.11 Å². The third kappa shape index (κ3) is 5.14. The first kappa shape index (κ1) is 15.9. The maximum Gasteiger partial charge on any atom is 0.308 e. The van der Waals surface area contributed by atoms with Gasteiger partial charge in [0.1, 0.15) is 5.01 Å². The van der Waals surface area contributed by atoms with Crippen LogP contribution in [0.25, 0.3) is 0 Å². The minimum atomic E-state index is -0.763. The molecule has 0 radical (unpaired) electrons. The molecule has 0 saturated carbocycles. The van der Waals surface area contributed by atoms with Crippen molar-refractivity contribution in [3.05, 3.63) is 5.01 Å². The van der Waals surface area contributed by atoms with E-state index >= 15 is 0 Å². The van der Waals surface area contributed by atoms with Gasteiger partial charge >= 0.3 is 5.97 Å². The van der Waals surface area contributed by atoms with Gasteiger partial charge in [0.2, 0.25) is 5.13 Å². The summed E-state index contributed by atoms with van der Waals surface area (Å²) in [5.74, 6) is -1.16. The maximum atomic E-state index is 11.0. The van der Waals surface area contributed by atoms with E-state index in [2.05, 4.69) is 22.0 Å². The molecule has 1 unspecified atom stereocenters. The molecule has 0 saturated heterocycles. The Morgan fingerprint density at radius 1 is 1.37 bits per heavy atom. The number of carboxylic acids is 1. The molecule has 5 nitrogen and oxygen atoms in total. The van der Waals surface area contributed by atoms with Gasteiger partial charge in [0.15, 0.2) is 0 Å². The van der Waals surface area contributed by atoms with Crippen molar-refractivity contribution in [2.45, 2.75) is 46.5 Å². The van der Waals surface area contributed by atoms with Crippen LogP contribution in [-0.4, -0.2) is 34.4 Å². The van der Waals surface area contributed by atoms with Gasteiger partial charge in [-0.15, -0.1) is 10.2 Å². The molecule has 1 aromatic heterocycles. The van der Waals surface area contributed by atoms with E-state index in [1.54, 1.807) is 18.3 Å². The van der Waals surface area contributed by atoms with Gasteiger partial charge < -0.3 is 10.0 Å². The van der Waals surface area contributed by atoms with Crippen LogP contribution in [0.2, 0.25) is 0 Å². The zero-order valence-corrected chi connectivity index (χ0v) is 12.7. The highest BCUT2D eigenvalue weighted by Gasteiger charge is 2.19. The lowest BCUT2D eigenvalue weighted by atomic mass is 10.1. The summed E-state index contributed by atoms with van der Waals surface area (Å²) >= 11 is 1.56. The summed E-state index contributed by atoms with van der Waals surface area (Å²) in [5, 5.41) is 19.2. The first-order valence-corrected chi connectivity index (χ1v) is 7.70. The Morgan fingerprint density at radius 3 is 2.63 bits per heavy atom. The molecule has 0 aliphatic heterocycles. The van der Waals surface area contributed by atoms with Crippen molar-refractivity contribution in [3.8, 4) is 0 Å². The van der Waals surface area contributed by atoms with Crippen molar-refractivity contribution < 1.29 is 9.90 Å². The van der Waals surface area contributed by atoms with Gasteiger partial charge in [-0.1, -0.05) is 44.9 Å². The van der Waals surface area contributed by atoms with Crippen LogP contribution in [0.1, 0.15) is 45.0 Å². The molecule has 108 valence electrons. The number of hydrogen-bond donors (Lipinski definition) is 1. The van der Waals surface area contributed by atoms with Crippen LogP contribution in [-0.2, 0) is 11.2 Å². The number of anilines is 1. The van der Waals surface area contributed by atoms with Gasteiger partial charge in [-0.3, -0.25) is 4.79 Å². The molecule has 1 rings (SSSR count). The molecule has 1 atom stereocenters. The number of hydrogen-bond acceptors (Lipinski definition) is 5. The standard InChI is InChI=1S/C13H23N3O2S/c1-4-6-7-8-16(9-10(3)12(17)18)13-15-14-11(5-2)19-13/h10H,4-9H2,1-3H3,(H,17,18). The van der Waals surface area contributed by atoms with Gasteiger partial charge in [-0.2, -0.15) is 0 Å². The predicted octanol–water partition coefficient (Wildman–Crippen LogP) is 2.82. The highest BCUT2D eigenvalue weighted by molar-refractivity contribution is 7.15. The van der Waals surface area contributed by atoms with Gasteiger partial charge in [-0.05, 0) is 12.8 Å². The van der Waals surface area contributed by atoms with Crippen LogP contribution in [0.3, 0.4) is 0 Å². The molecule has 0 bridgehead atoms. The second-order valence-corrected chi connectivity index (χ2v) is 5.76. The molecular formula is C13H23N3O2S. The zero-order valence-electron chi connectivity index (χ0n) is 11.9. The molecule has 0 aromatic carbocycles. The number of aliphatic carboxylic acids is 1. The average molecular weight is 285 g/mol. The summed E-state index contributed by atoms with van der Waals surface area (Å²) in [6, 6.07) is 0. The van der Waals surface area contributed by atoms with E-state index in [0.29, 0.717) is 6.54 Å². The normalized spacial score (nSPS) is 12.4. The smallest absolute Gasteiger partial charge is 0.308 e. The first-order valence-electron chi connectivity index (χ1n) is 6.88. The average Bonchev–Trinajstić information content (AvgIpc) is 2.86. The van der Waals surface area contributed by atoms with Crippen molar-refractivity contribution in [2.24, 2.45) is 5.92 Å². The topological polar surface area (TPSA) is 66.3 Å². The Morgan fingerprint density at radius 2 is 2.11 bits per heavy atom. The fourth-order valence-corrected chi connectivity index (χ4v) is 2.56. The molecule has 0 aliphatic carbocycles. The lowest BCUT2D eigenvalue weighted by Gasteiger charge is -2.23. The number of unbranched alkanes of at least 4 members (excludes halogenated alkanes) is 2. The number of carbonyl (C=O) groups is 1. The monoisotopic (exact) mass is 285 g/mol. The lowest BCUT2D eigenvalue weighted by Crippen LogP contribution is -2.32. The zero-order chi connectivity index (χ0) is 14.3. The number of aryl methyl sites for hydroxylation is 1. The van der Waals surface area contributed by atoms with Gasteiger partial charge in [0.25, 0.3) is 0 Å².